The van der Waals surface area contributed by atoms with E-state index in [2.05, 4.69) is 0 Å². The van der Waals surface area contributed by atoms with Crippen LogP contribution in [0.4, 0.5) is 13.2 Å². The number of aliphatic hydroxyl groups is 1. The first kappa shape index (κ1) is 17.7. The van der Waals surface area contributed by atoms with Gasteiger partial charge in [0.15, 0.2) is 6.10 Å². The number of carbonyl (C=O) groups excluding carboxylic acids is 1. The van der Waals surface area contributed by atoms with Gasteiger partial charge in [-0.2, -0.15) is 13.2 Å². The molecule has 8 heteroatoms. The molecule has 0 rings (SSSR count). The molecule has 0 spiro atoms. The number of rotatable bonds is 6. The minimum Gasteiger partial charge on any atom is -0.481 e. The zero-order valence-electron chi connectivity index (χ0n) is 10.9. The molecule has 0 saturated heterocycles. The maximum absolute atomic E-state index is 12.0. The molecule has 5 nitrogen and oxygen atoms in total. The predicted octanol–water partition coefficient (Wildman–Crippen LogP) is 1.16. The number of nitrogens with one attached hydrogen (secondary N) is 1. The van der Waals surface area contributed by atoms with Crippen LogP contribution in [0.5, 0.6) is 0 Å². The van der Waals surface area contributed by atoms with Gasteiger partial charge in [-0.25, -0.2) is 0 Å². The molecule has 112 valence electrons. The number of carboxylic acid groups (broad SMARTS) is 1. The van der Waals surface area contributed by atoms with Gasteiger partial charge in [-0.05, 0) is 12.8 Å². The average molecular weight is 285 g/mol. The second-order valence-corrected chi connectivity index (χ2v) is 4.92. The van der Waals surface area contributed by atoms with Crippen LogP contribution in [0.25, 0.3) is 0 Å². The van der Waals surface area contributed by atoms with Crippen LogP contribution in [-0.2, 0) is 9.59 Å². The van der Waals surface area contributed by atoms with Crippen molar-refractivity contribution in [2.24, 2.45) is 11.3 Å². The third-order valence-corrected chi connectivity index (χ3v) is 3.16. The highest BCUT2D eigenvalue weighted by Crippen LogP contribution is 2.31. The molecule has 0 heterocycles. The van der Waals surface area contributed by atoms with Crippen molar-refractivity contribution in [3.05, 3.63) is 0 Å². The van der Waals surface area contributed by atoms with E-state index in [0.717, 1.165) is 0 Å². The Hall–Kier alpha value is -1.31. The third-order valence-electron chi connectivity index (χ3n) is 3.16. The van der Waals surface area contributed by atoms with Gasteiger partial charge in [0.2, 0.25) is 5.91 Å². The van der Waals surface area contributed by atoms with Crippen molar-refractivity contribution in [1.29, 1.82) is 0 Å². The topological polar surface area (TPSA) is 86.6 Å². The molecule has 0 aliphatic rings. The molecule has 0 aliphatic carbocycles. The Bertz CT molecular complexity index is 343. The molecule has 19 heavy (non-hydrogen) atoms. The first-order valence-corrected chi connectivity index (χ1v) is 5.66. The fraction of sp³-hybridized carbons (Fsp3) is 0.818. The summed E-state index contributed by atoms with van der Waals surface area (Å²) in [7, 11) is 0. The Morgan fingerprint density at radius 2 is 1.74 bits per heavy atom. The van der Waals surface area contributed by atoms with Crippen LogP contribution in [0.15, 0.2) is 0 Å². The van der Waals surface area contributed by atoms with Gasteiger partial charge in [-0.3, -0.25) is 9.59 Å². The Labute approximate surface area is 108 Å². The van der Waals surface area contributed by atoms with E-state index in [1.54, 1.807) is 13.8 Å². The monoisotopic (exact) mass is 285 g/mol. The summed E-state index contributed by atoms with van der Waals surface area (Å²) in [6.07, 6.45) is -7.93. The number of alkyl halides is 3. The number of hydrogen-bond acceptors (Lipinski definition) is 3. The van der Waals surface area contributed by atoms with Crippen molar-refractivity contribution in [3.63, 3.8) is 0 Å². The van der Waals surface area contributed by atoms with Crippen molar-refractivity contribution < 1.29 is 33.0 Å². The summed E-state index contributed by atoms with van der Waals surface area (Å²) < 4.78 is 36.0. The smallest absolute Gasteiger partial charge is 0.416 e. The molecule has 1 amide bonds. The van der Waals surface area contributed by atoms with Gasteiger partial charge in [-0.15, -0.1) is 0 Å². The molecule has 0 aromatic carbocycles. The van der Waals surface area contributed by atoms with Crippen LogP contribution in [0, 0.1) is 11.3 Å². The zero-order valence-corrected chi connectivity index (χ0v) is 10.9. The second kappa shape index (κ2) is 6.23. The number of hydrogen-bond donors (Lipinski definition) is 3. The molecular weight excluding hydrogens is 267 g/mol. The van der Waals surface area contributed by atoms with E-state index in [4.69, 9.17) is 10.2 Å². The quantitative estimate of drug-likeness (QED) is 0.683. The van der Waals surface area contributed by atoms with Crippen LogP contribution in [0.3, 0.4) is 0 Å². The Morgan fingerprint density at radius 3 is 2.05 bits per heavy atom. The molecule has 0 aromatic rings. The zero-order chi connectivity index (χ0) is 15.4. The van der Waals surface area contributed by atoms with Crippen molar-refractivity contribution in [1.82, 2.24) is 5.32 Å². The normalized spacial score (nSPS) is 16.8. The second-order valence-electron chi connectivity index (χ2n) is 4.92. The summed E-state index contributed by atoms with van der Waals surface area (Å²) in [5.74, 6) is -2.42. The lowest BCUT2D eigenvalue weighted by Gasteiger charge is -2.28. The first-order valence-electron chi connectivity index (χ1n) is 5.66. The Balaban J connectivity index is 4.51. The summed E-state index contributed by atoms with van der Waals surface area (Å²) in [5.41, 5.74) is -1.37. The Morgan fingerprint density at radius 1 is 1.26 bits per heavy atom. The van der Waals surface area contributed by atoms with Crippen molar-refractivity contribution in [2.75, 3.05) is 6.54 Å². The molecule has 0 bridgehead atoms. The van der Waals surface area contributed by atoms with E-state index < -0.39 is 42.5 Å². The highest BCUT2D eigenvalue weighted by molar-refractivity contribution is 5.84. The van der Waals surface area contributed by atoms with E-state index in [9.17, 15) is 22.8 Å². The maximum atomic E-state index is 12.0. The minimum absolute atomic E-state index is 0.372. The lowest BCUT2D eigenvalue weighted by molar-refractivity contribution is -0.202. The van der Waals surface area contributed by atoms with E-state index in [1.165, 1.54) is 6.92 Å². The number of aliphatic carboxylic acids is 1. The van der Waals surface area contributed by atoms with E-state index in [1.807, 2.05) is 5.32 Å². The fourth-order valence-corrected chi connectivity index (χ4v) is 1.25. The van der Waals surface area contributed by atoms with Crippen LogP contribution in [0.1, 0.15) is 27.2 Å². The van der Waals surface area contributed by atoms with Crippen molar-refractivity contribution >= 4 is 11.9 Å². The van der Waals surface area contributed by atoms with E-state index in [-0.39, 0.29) is 5.92 Å². The largest absolute Gasteiger partial charge is 0.481 e. The molecule has 2 unspecified atom stereocenters. The SMILES string of the molecule is CC(C)C(C)(CC(=O)NCC(O)C(F)(F)F)C(=O)O. The first-order chi connectivity index (χ1) is 8.41. The van der Waals surface area contributed by atoms with Crippen LogP contribution in [-0.4, -0.2) is 40.9 Å². The lowest BCUT2D eigenvalue weighted by atomic mass is 9.76. The lowest BCUT2D eigenvalue weighted by Crippen LogP contribution is -2.44. The van der Waals surface area contributed by atoms with E-state index in [0.29, 0.717) is 0 Å². The number of aliphatic hydroxyl groups excluding tert-OH is 1. The number of carbonyl (C=O) groups is 2. The molecule has 0 aliphatic heterocycles. The highest BCUT2D eigenvalue weighted by atomic mass is 19.4. The molecule has 2 atom stereocenters. The van der Waals surface area contributed by atoms with Gasteiger partial charge in [0.25, 0.3) is 0 Å². The van der Waals surface area contributed by atoms with Crippen LogP contribution < -0.4 is 5.32 Å². The summed E-state index contributed by atoms with van der Waals surface area (Å²) in [4.78, 5) is 22.5. The van der Waals surface area contributed by atoms with Gasteiger partial charge in [0.1, 0.15) is 0 Å². The van der Waals surface area contributed by atoms with Gasteiger partial charge >= 0.3 is 12.1 Å². The minimum atomic E-state index is -4.82. The maximum Gasteiger partial charge on any atom is 0.416 e. The predicted molar refractivity (Wildman–Crippen MR) is 60.3 cm³/mol. The highest BCUT2D eigenvalue weighted by Gasteiger charge is 2.40. The van der Waals surface area contributed by atoms with Crippen molar-refractivity contribution in [2.45, 2.75) is 39.5 Å². The number of carboxylic acids is 1. The van der Waals surface area contributed by atoms with Crippen molar-refractivity contribution in [3.8, 4) is 0 Å². The standard InChI is InChI=1S/C11H18F3NO4/c1-6(2)10(3,9(18)19)4-8(17)15-5-7(16)11(12,13)14/h6-7,16H,4-5H2,1-3H3,(H,15,17)(H,18,19). The molecule has 3 N–H and O–H groups in total. The molecule has 0 aromatic heterocycles. The summed E-state index contributed by atoms with van der Waals surface area (Å²) in [5, 5.41) is 19.6. The molecule has 0 radical (unpaired) electrons. The number of amides is 1. The molecule has 0 fully saturated rings. The average Bonchev–Trinajstić information content (AvgIpc) is 2.23. The third kappa shape index (κ3) is 5.06. The summed E-state index contributed by atoms with van der Waals surface area (Å²) in [6, 6.07) is 0. The van der Waals surface area contributed by atoms with Crippen LogP contribution >= 0.6 is 0 Å². The summed E-state index contributed by atoms with van der Waals surface area (Å²) >= 11 is 0. The van der Waals surface area contributed by atoms with Gasteiger partial charge in [0, 0.05) is 6.42 Å². The number of halogens is 3. The fourth-order valence-electron chi connectivity index (χ4n) is 1.25. The molecular formula is C11H18F3NO4. The van der Waals surface area contributed by atoms with Gasteiger partial charge in [0.05, 0.1) is 12.0 Å². The summed E-state index contributed by atoms with van der Waals surface area (Å²) in [6.45, 7) is 3.56. The van der Waals surface area contributed by atoms with Gasteiger partial charge in [-0.1, -0.05) is 13.8 Å². The van der Waals surface area contributed by atoms with Crippen LogP contribution in [0.2, 0.25) is 0 Å². The Kier molecular flexibility index (Phi) is 5.80. The van der Waals surface area contributed by atoms with Gasteiger partial charge < -0.3 is 15.5 Å². The molecule has 0 saturated carbocycles. The van der Waals surface area contributed by atoms with E-state index >= 15 is 0 Å².